The number of primary amides is 1. The quantitative estimate of drug-likeness (QED) is 0.0582. The number of piperidine rings is 1. The van der Waals surface area contributed by atoms with Crippen LogP contribution in [-0.4, -0.2) is 98.8 Å². The fourth-order valence-electron chi connectivity index (χ4n) is 9.62. The number of nitrogens with one attached hydrogen (secondary N) is 3. The van der Waals surface area contributed by atoms with Crippen LogP contribution in [0.4, 0.5) is 5.69 Å². The number of carbonyl (C=O) groups excluding carboxylic acids is 5. The molecule has 1 unspecified atom stereocenters. The van der Waals surface area contributed by atoms with Crippen molar-refractivity contribution in [1.82, 2.24) is 24.3 Å². The molecule has 6 aromatic rings. The molecule has 4 heterocycles. The minimum Gasteiger partial charge on any atom is -0.393 e. The molecule has 2 fully saturated rings. The number of fused-ring (bicyclic) bond motifs is 2. The Bertz CT molecular complexity index is 2920. The van der Waals surface area contributed by atoms with Gasteiger partial charge in [0.15, 0.2) is 0 Å². The highest BCUT2D eigenvalue weighted by atomic mass is 16.5. The van der Waals surface area contributed by atoms with E-state index in [1.165, 1.54) is 0 Å². The Hall–Kier alpha value is -7.27. The van der Waals surface area contributed by atoms with Crippen LogP contribution in [0.15, 0.2) is 103 Å². The molecule has 9 rings (SSSR count). The van der Waals surface area contributed by atoms with Crippen LogP contribution < -0.4 is 21.9 Å². The lowest BCUT2D eigenvalue weighted by Crippen LogP contribution is -2.54. The molecule has 1 saturated carbocycles. The number of hydrogen-bond donors (Lipinski definition) is 5. The summed E-state index contributed by atoms with van der Waals surface area (Å²) in [6.45, 7) is 1.84. The molecule has 6 N–H and O–H groups in total. The van der Waals surface area contributed by atoms with Crippen LogP contribution in [0.25, 0.3) is 33.4 Å². The highest BCUT2D eigenvalue weighted by Crippen LogP contribution is 2.40. The molecule has 0 spiro atoms. The van der Waals surface area contributed by atoms with E-state index in [1.54, 1.807) is 30.6 Å². The number of imide groups is 2. The lowest BCUT2D eigenvalue weighted by Gasteiger charge is -2.27. The molecule has 1 saturated heterocycles. The predicted octanol–water partition coefficient (Wildman–Crippen LogP) is 5.36. The Balaban J connectivity index is 0.866. The number of benzene rings is 4. The number of ether oxygens (including phenoxy) is 2. The summed E-state index contributed by atoms with van der Waals surface area (Å²) < 4.78 is 15.9. The molecule has 4 aromatic carbocycles. The molecule has 1 aliphatic carbocycles. The van der Waals surface area contributed by atoms with Gasteiger partial charge in [-0.2, -0.15) is 0 Å². The van der Waals surface area contributed by atoms with Crippen molar-refractivity contribution in [2.24, 2.45) is 5.73 Å². The average Bonchev–Trinajstić information content (AvgIpc) is 3.80. The van der Waals surface area contributed by atoms with E-state index < -0.39 is 35.6 Å². The number of aromatic nitrogens is 3. The van der Waals surface area contributed by atoms with Gasteiger partial charge in [-0.3, -0.25) is 39.6 Å². The van der Waals surface area contributed by atoms with Gasteiger partial charge in [0, 0.05) is 42.4 Å². The molecule has 16 nitrogen and oxygen atoms in total. The van der Waals surface area contributed by atoms with E-state index in [1.807, 2.05) is 53.1 Å². The minimum atomic E-state index is -1.05. The maximum absolute atomic E-state index is 13.4. The van der Waals surface area contributed by atoms with Gasteiger partial charge in [-0.15, -0.1) is 0 Å². The van der Waals surface area contributed by atoms with E-state index in [-0.39, 0.29) is 55.9 Å². The van der Waals surface area contributed by atoms with Crippen LogP contribution in [0.1, 0.15) is 86.8 Å². The van der Waals surface area contributed by atoms with Crippen LogP contribution in [-0.2, 0) is 32.0 Å². The van der Waals surface area contributed by atoms with Gasteiger partial charge >= 0.3 is 0 Å². The average molecular weight is 905 g/mol. The molecule has 5 amide bonds. The maximum atomic E-state index is 13.4. The van der Waals surface area contributed by atoms with Crippen LogP contribution in [0, 0.1) is 5.41 Å². The monoisotopic (exact) mass is 904 g/mol. The van der Waals surface area contributed by atoms with E-state index in [4.69, 9.17) is 20.2 Å². The Morgan fingerprint density at radius 2 is 1.54 bits per heavy atom. The van der Waals surface area contributed by atoms with Crippen molar-refractivity contribution in [2.75, 3.05) is 38.3 Å². The van der Waals surface area contributed by atoms with Crippen LogP contribution in [0.5, 0.6) is 0 Å². The molecule has 16 heteroatoms. The topological polar surface area (TPSA) is 224 Å². The molecule has 1 atom stereocenters. The number of rotatable bonds is 17. The third kappa shape index (κ3) is 9.15. The zero-order valence-electron chi connectivity index (χ0n) is 36.9. The van der Waals surface area contributed by atoms with E-state index in [0.29, 0.717) is 61.3 Å². The van der Waals surface area contributed by atoms with Crippen molar-refractivity contribution in [3.05, 3.63) is 137 Å². The molecule has 344 valence electrons. The third-order valence-corrected chi connectivity index (χ3v) is 12.9. The Morgan fingerprint density at radius 1 is 0.821 bits per heavy atom. The molecule has 0 radical (unpaired) electrons. The van der Waals surface area contributed by atoms with Gasteiger partial charge in [-0.25, -0.2) is 4.98 Å². The lowest BCUT2D eigenvalue weighted by atomic mass is 9.93. The number of nitrogens with zero attached hydrogens (tertiary/aromatic N) is 4. The number of carbonyl (C=O) groups is 5. The van der Waals surface area contributed by atoms with E-state index in [9.17, 15) is 34.5 Å². The lowest BCUT2D eigenvalue weighted by molar-refractivity contribution is -0.136. The van der Waals surface area contributed by atoms with Gasteiger partial charge in [0.2, 0.25) is 17.7 Å². The smallest absolute Gasteiger partial charge is 0.264 e. The van der Waals surface area contributed by atoms with Crippen LogP contribution in [0.3, 0.4) is 0 Å². The van der Waals surface area contributed by atoms with Gasteiger partial charge in [-0.05, 0) is 79.0 Å². The van der Waals surface area contributed by atoms with Crippen molar-refractivity contribution >= 4 is 46.3 Å². The molecule has 3 aliphatic rings. The second kappa shape index (κ2) is 19.7. The first-order valence-electron chi connectivity index (χ1n) is 22.7. The first kappa shape index (κ1) is 44.9. The van der Waals surface area contributed by atoms with Gasteiger partial charge in [0.1, 0.15) is 17.2 Å². The number of nitrogens with two attached hydrogens (primary N) is 1. The third-order valence-electron chi connectivity index (χ3n) is 12.9. The Morgan fingerprint density at radius 3 is 2.25 bits per heavy atom. The Labute approximate surface area is 386 Å². The minimum absolute atomic E-state index is 0.0412. The highest BCUT2D eigenvalue weighted by molar-refractivity contribution is 6.25. The van der Waals surface area contributed by atoms with Gasteiger partial charge in [0.25, 0.3) is 11.8 Å². The first-order chi connectivity index (χ1) is 32.6. The molecule has 0 bridgehead atoms. The predicted molar refractivity (Wildman–Crippen MR) is 249 cm³/mol. The molecule has 67 heavy (non-hydrogen) atoms. The number of hydrogen-bond acceptors (Lipinski definition) is 11. The van der Waals surface area contributed by atoms with Crippen molar-refractivity contribution in [1.29, 1.82) is 5.41 Å². The number of anilines is 1. The summed E-state index contributed by atoms with van der Waals surface area (Å²) in [5, 5.41) is 26.0. The Kier molecular flexibility index (Phi) is 13.2. The summed E-state index contributed by atoms with van der Waals surface area (Å²) in [7, 11) is 0. The summed E-state index contributed by atoms with van der Waals surface area (Å²) in [6, 6.07) is 29.7. The van der Waals surface area contributed by atoms with Crippen LogP contribution in [0.2, 0.25) is 0 Å². The summed E-state index contributed by atoms with van der Waals surface area (Å²) >= 11 is 0. The molecular formula is C51H52N8O8. The van der Waals surface area contributed by atoms with E-state index in [2.05, 4.69) is 39.5 Å². The molecule has 2 aliphatic heterocycles. The van der Waals surface area contributed by atoms with Crippen molar-refractivity contribution < 1.29 is 38.6 Å². The highest BCUT2D eigenvalue weighted by Gasteiger charge is 2.45. The van der Waals surface area contributed by atoms with Gasteiger partial charge in [0.05, 0.1) is 61.1 Å². The summed E-state index contributed by atoms with van der Waals surface area (Å²) in [5.74, 6) is -2.80. The fourth-order valence-corrected chi connectivity index (χ4v) is 9.62. The van der Waals surface area contributed by atoms with Crippen molar-refractivity contribution in [2.45, 2.75) is 69.7 Å². The standard InChI is InChI=1S/C51H52N8O8/c52-46-44-42(32-8-3-1-4-9-32)45(33-10-5-2-6-11-33)57(48(44)55-30-58(46)35-15-17-36(60)18-16-35)29-31-14-19-37(47(53)62)34(28-31)22-24-66-26-27-67-25-23-54-39-13-7-12-38-43(39)51(65)59(50(38)64)40-20-21-41(61)56-49(40)63/h1-14,19,28,30,35-36,40,52,54,60H,15-18,20-27,29H2,(H2,53,62)(H,56,61,63). The normalized spacial score (nSPS) is 18.3. The number of aliphatic hydroxyl groups is 1. The van der Waals surface area contributed by atoms with E-state index >= 15 is 0 Å². The fraction of sp³-hybridized carbons (Fsp3) is 0.314. The van der Waals surface area contributed by atoms with Crippen LogP contribution >= 0.6 is 0 Å². The summed E-state index contributed by atoms with van der Waals surface area (Å²) in [5.41, 5.74) is 13.6. The second-order valence-corrected chi connectivity index (χ2v) is 17.1. The number of aliphatic hydroxyl groups excluding tert-OH is 1. The van der Waals surface area contributed by atoms with E-state index in [0.717, 1.165) is 56.6 Å². The second-order valence-electron chi connectivity index (χ2n) is 17.1. The zero-order chi connectivity index (χ0) is 46.6. The summed E-state index contributed by atoms with van der Waals surface area (Å²) in [4.78, 5) is 69.4. The van der Waals surface area contributed by atoms with Crippen molar-refractivity contribution in [3.63, 3.8) is 0 Å². The maximum Gasteiger partial charge on any atom is 0.264 e. The zero-order valence-corrected chi connectivity index (χ0v) is 36.9. The van der Waals surface area contributed by atoms with Gasteiger partial charge in [-0.1, -0.05) is 78.9 Å². The van der Waals surface area contributed by atoms with Gasteiger partial charge < -0.3 is 34.8 Å². The summed E-state index contributed by atoms with van der Waals surface area (Å²) in [6.07, 6.45) is 4.88. The SMILES string of the molecule is N=c1c2c(-c3ccccc3)c(-c3ccccc3)n(Cc3ccc(C(N)=O)c(CCOCCOCCNc4cccc5c4C(=O)N(C4CCC(=O)NC4=O)C5=O)c3)c2ncn1C1CCC(O)CC1. The first-order valence-corrected chi connectivity index (χ1v) is 22.7. The molecule has 2 aromatic heterocycles. The largest absolute Gasteiger partial charge is 0.393 e. The number of amides is 5. The molecular weight excluding hydrogens is 853 g/mol. The van der Waals surface area contributed by atoms with Crippen molar-refractivity contribution in [3.8, 4) is 22.4 Å².